The number of benzene rings is 1. The summed E-state index contributed by atoms with van der Waals surface area (Å²) in [4.78, 5) is 31.8. The summed E-state index contributed by atoms with van der Waals surface area (Å²) in [6.45, 7) is 4.68. The Balaban J connectivity index is 1.52. The van der Waals surface area contributed by atoms with Gasteiger partial charge >= 0.3 is 0 Å². The first-order valence-corrected chi connectivity index (χ1v) is 12.9. The molecule has 12 heteroatoms. The number of nitrogens with zero attached hydrogens (tertiary/aromatic N) is 4. The van der Waals surface area contributed by atoms with E-state index in [1.807, 2.05) is 21.0 Å². The lowest BCUT2D eigenvalue weighted by Crippen LogP contribution is -2.49. The van der Waals surface area contributed by atoms with E-state index in [0.29, 0.717) is 54.1 Å². The lowest BCUT2D eigenvalue weighted by molar-refractivity contribution is -0.231. The number of nitrogens with one attached hydrogen (secondary N) is 3. The summed E-state index contributed by atoms with van der Waals surface area (Å²) in [7, 11) is 5.62. The van der Waals surface area contributed by atoms with E-state index in [-0.39, 0.29) is 24.9 Å². The Labute approximate surface area is 227 Å². The highest BCUT2D eigenvalue weighted by Gasteiger charge is 2.40. The molecule has 2 aromatic heterocycles. The molecule has 0 saturated carbocycles. The molecule has 3 aromatic rings. The fourth-order valence-corrected chi connectivity index (χ4v) is 4.06. The molecule has 1 aromatic carbocycles. The van der Waals surface area contributed by atoms with E-state index in [2.05, 4.69) is 30.5 Å². The molecule has 3 heterocycles. The number of ether oxygens (including phenoxy) is 3. The van der Waals surface area contributed by atoms with Crippen LogP contribution in [-0.4, -0.2) is 91.4 Å². The Morgan fingerprint density at radius 3 is 2.62 bits per heavy atom. The van der Waals surface area contributed by atoms with Crippen LogP contribution in [0.2, 0.25) is 0 Å². The minimum Gasteiger partial charge on any atom is -0.383 e. The van der Waals surface area contributed by atoms with Crippen molar-refractivity contribution in [2.24, 2.45) is 5.41 Å². The average molecular weight is 542 g/mol. The van der Waals surface area contributed by atoms with Gasteiger partial charge in [-0.25, -0.2) is 19.3 Å². The zero-order valence-electron chi connectivity index (χ0n) is 22.8. The second kappa shape index (κ2) is 13.1. The molecule has 0 aliphatic carbocycles. The number of carbonyl (C=O) groups excluding carboxylic acids is 1. The van der Waals surface area contributed by atoms with E-state index in [0.717, 1.165) is 13.0 Å². The average Bonchev–Trinajstić information content (AvgIpc) is 3.37. The van der Waals surface area contributed by atoms with Crippen molar-refractivity contribution in [2.45, 2.75) is 19.6 Å². The minimum atomic E-state index is -0.820. The molecule has 1 amide bonds. The van der Waals surface area contributed by atoms with Gasteiger partial charge in [0.1, 0.15) is 5.82 Å². The summed E-state index contributed by atoms with van der Waals surface area (Å²) in [6, 6.07) is 7.81. The molecule has 0 spiro atoms. The molecule has 210 valence electrons. The van der Waals surface area contributed by atoms with Crippen LogP contribution in [0.15, 0.2) is 36.5 Å². The maximum Gasteiger partial charge on any atom is 0.230 e. The van der Waals surface area contributed by atoms with Crippen LogP contribution >= 0.6 is 0 Å². The Morgan fingerprint density at radius 1 is 1.18 bits per heavy atom. The van der Waals surface area contributed by atoms with E-state index >= 15 is 0 Å². The van der Waals surface area contributed by atoms with E-state index in [9.17, 15) is 9.18 Å². The van der Waals surface area contributed by atoms with Crippen molar-refractivity contribution >= 4 is 11.9 Å². The topological polar surface area (TPSA) is 127 Å². The number of anilines is 1. The normalized spacial score (nSPS) is 19.3. The molecule has 0 atom stereocenters. The largest absolute Gasteiger partial charge is 0.383 e. The molecule has 0 unspecified atom stereocenters. The van der Waals surface area contributed by atoms with Gasteiger partial charge in [0.2, 0.25) is 18.1 Å². The van der Waals surface area contributed by atoms with Gasteiger partial charge in [0.05, 0.1) is 42.3 Å². The number of H-pyrrole nitrogens is 1. The van der Waals surface area contributed by atoms with E-state index in [1.165, 1.54) is 12.1 Å². The van der Waals surface area contributed by atoms with Crippen LogP contribution in [0, 0.1) is 11.2 Å². The summed E-state index contributed by atoms with van der Waals surface area (Å²) in [5, 5.41) is 6.09. The first-order chi connectivity index (χ1) is 18.8. The third-order valence-corrected chi connectivity index (χ3v) is 6.29. The highest BCUT2D eigenvalue weighted by atomic mass is 19.1. The highest BCUT2D eigenvalue weighted by molar-refractivity contribution is 5.82. The maximum absolute atomic E-state index is 13.7. The van der Waals surface area contributed by atoms with Gasteiger partial charge < -0.3 is 34.7 Å². The van der Waals surface area contributed by atoms with Crippen molar-refractivity contribution in [3.63, 3.8) is 0 Å². The van der Waals surface area contributed by atoms with E-state index in [4.69, 9.17) is 19.2 Å². The highest BCUT2D eigenvalue weighted by Crippen LogP contribution is 2.35. The third-order valence-electron chi connectivity index (χ3n) is 6.29. The molecule has 11 nitrogen and oxygen atoms in total. The second-order valence-electron chi connectivity index (χ2n) is 9.96. The van der Waals surface area contributed by atoms with Crippen LogP contribution in [0.25, 0.3) is 22.6 Å². The van der Waals surface area contributed by atoms with Gasteiger partial charge in [-0.3, -0.25) is 4.79 Å². The monoisotopic (exact) mass is 541 g/mol. The number of aromatic amines is 1. The first kappa shape index (κ1) is 28.6. The summed E-state index contributed by atoms with van der Waals surface area (Å²) >= 11 is 0. The summed E-state index contributed by atoms with van der Waals surface area (Å²) in [5.41, 5.74) is 1.62. The van der Waals surface area contributed by atoms with Crippen LogP contribution < -0.4 is 10.6 Å². The lowest BCUT2D eigenvalue weighted by atomic mass is 9.91. The fraction of sp³-hybridized carbons (Fsp3) is 0.481. The molecule has 1 saturated heterocycles. The number of hydrogen-bond donors (Lipinski definition) is 3. The number of imidazole rings is 1. The molecule has 0 bridgehead atoms. The number of halogens is 1. The lowest BCUT2D eigenvalue weighted by Gasteiger charge is -2.35. The van der Waals surface area contributed by atoms with Gasteiger partial charge in [-0.15, -0.1) is 0 Å². The van der Waals surface area contributed by atoms with E-state index < -0.39 is 11.7 Å². The smallest absolute Gasteiger partial charge is 0.230 e. The Morgan fingerprint density at radius 2 is 1.92 bits per heavy atom. The number of aromatic nitrogens is 4. The van der Waals surface area contributed by atoms with Crippen molar-refractivity contribution < 1.29 is 23.4 Å². The van der Waals surface area contributed by atoms with Crippen molar-refractivity contribution in [2.75, 3.05) is 66.0 Å². The van der Waals surface area contributed by atoms with Crippen molar-refractivity contribution in [1.82, 2.24) is 30.2 Å². The zero-order valence-corrected chi connectivity index (χ0v) is 22.8. The standard InChI is InChI=1S/C27H36FN7O4/c1-27(25(36)29-11-5-14-35(2)3)16-38-24(39-17-27)23-33-21(18-6-8-19(28)9-7-18)22(34-23)20-10-12-30-26(32-20)31-13-15-37-4/h6-10,12,24H,5,11,13-17H2,1-4H3,(H,29,36)(H,33,34)(H,30,31,32). The van der Waals surface area contributed by atoms with Crippen LogP contribution in [0.1, 0.15) is 25.5 Å². The van der Waals surface area contributed by atoms with Gasteiger partial charge in [-0.2, -0.15) is 0 Å². The Kier molecular flexibility index (Phi) is 9.57. The fourth-order valence-electron chi connectivity index (χ4n) is 4.06. The number of hydrogen-bond acceptors (Lipinski definition) is 9. The van der Waals surface area contributed by atoms with Crippen molar-refractivity contribution in [3.8, 4) is 22.6 Å². The number of carbonyl (C=O) groups is 1. The summed E-state index contributed by atoms with van der Waals surface area (Å²) < 4.78 is 30.7. The predicted molar refractivity (Wildman–Crippen MR) is 144 cm³/mol. The van der Waals surface area contributed by atoms with Crippen molar-refractivity contribution in [1.29, 1.82) is 0 Å². The number of rotatable bonds is 12. The molecule has 4 rings (SSSR count). The van der Waals surface area contributed by atoms with Gasteiger partial charge in [0, 0.05) is 32.0 Å². The van der Waals surface area contributed by atoms with Gasteiger partial charge in [0.25, 0.3) is 0 Å². The summed E-state index contributed by atoms with van der Waals surface area (Å²) in [5.74, 6) is 0.399. The molecular weight excluding hydrogens is 505 g/mol. The number of methoxy groups -OCH3 is 1. The summed E-state index contributed by atoms with van der Waals surface area (Å²) in [6.07, 6.45) is 1.68. The first-order valence-electron chi connectivity index (χ1n) is 12.9. The van der Waals surface area contributed by atoms with Crippen molar-refractivity contribution in [3.05, 3.63) is 48.2 Å². The Hall–Kier alpha value is -3.45. The molecule has 1 fully saturated rings. The molecule has 1 aliphatic heterocycles. The SMILES string of the molecule is COCCNc1nccc(-c2[nH]c(C3OCC(C)(C(=O)NCCCN(C)C)CO3)nc2-c2ccc(F)cc2)n1. The minimum absolute atomic E-state index is 0.110. The van der Waals surface area contributed by atoms with Crippen LogP contribution in [0.4, 0.5) is 10.3 Å². The number of amides is 1. The van der Waals surface area contributed by atoms with Crippen LogP contribution in [0.5, 0.6) is 0 Å². The van der Waals surface area contributed by atoms with Crippen LogP contribution in [-0.2, 0) is 19.0 Å². The molecule has 1 aliphatic rings. The predicted octanol–water partition coefficient (Wildman–Crippen LogP) is 2.85. The zero-order chi connectivity index (χ0) is 27.8. The maximum atomic E-state index is 13.7. The molecule has 39 heavy (non-hydrogen) atoms. The van der Waals surface area contributed by atoms with Gasteiger partial charge in [-0.05, 0) is 64.3 Å². The quantitative estimate of drug-likeness (QED) is 0.297. The second-order valence-corrected chi connectivity index (χ2v) is 9.96. The molecule has 3 N–H and O–H groups in total. The van der Waals surface area contributed by atoms with Gasteiger partial charge in [0.15, 0.2) is 5.82 Å². The molecule has 0 radical (unpaired) electrons. The van der Waals surface area contributed by atoms with E-state index in [1.54, 1.807) is 31.5 Å². The Bertz CT molecular complexity index is 1230. The van der Waals surface area contributed by atoms with Gasteiger partial charge in [-0.1, -0.05) is 0 Å². The third kappa shape index (κ3) is 7.35. The molecular formula is C27H36FN7O4. The van der Waals surface area contributed by atoms with Crippen LogP contribution in [0.3, 0.4) is 0 Å².